The molecule has 0 bridgehead atoms. The molecule has 1 unspecified atom stereocenters. The van der Waals surface area contributed by atoms with Gasteiger partial charge in [0, 0.05) is 66.1 Å². The topological polar surface area (TPSA) is 141 Å². The Balaban J connectivity index is 0.965. The first kappa shape index (κ1) is 33.5. The zero-order valence-corrected chi connectivity index (χ0v) is 29.1. The van der Waals surface area contributed by atoms with Gasteiger partial charge in [0.05, 0.1) is 42.0 Å². The Labute approximate surface area is 302 Å². The molecule has 0 radical (unpaired) electrons. The third-order valence-corrected chi connectivity index (χ3v) is 9.87. The summed E-state index contributed by atoms with van der Waals surface area (Å²) >= 11 is 0. The summed E-state index contributed by atoms with van der Waals surface area (Å²) in [6, 6.07) is 15.9. The Morgan fingerprint density at radius 2 is 1.89 bits per heavy atom. The molecule has 1 saturated heterocycles. The predicted octanol–water partition coefficient (Wildman–Crippen LogP) is 4.96. The average molecular weight is 713 g/mol. The van der Waals surface area contributed by atoms with Crippen LogP contribution in [0.5, 0.6) is 5.75 Å². The number of anilines is 2. The quantitative estimate of drug-likeness (QED) is 0.189. The van der Waals surface area contributed by atoms with Gasteiger partial charge in [-0.1, -0.05) is 11.8 Å². The normalized spacial score (nSPS) is 15.5. The van der Waals surface area contributed by atoms with Crippen LogP contribution in [0.25, 0.3) is 33.1 Å². The number of aryl methyl sites for hydroxylation is 3. The summed E-state index contributed by atoms with van der Waals surface area (Å²) in [5.41, 5.74) is 6.33. The number of carbonyl (C=O) groups excluding carboxylic acids is 3. The molecule has 3 amide bonds. The van der Waals surface area contributed by atoms with Crippen molar-refractivity contribution in [3.05, 3.63) is 106 Å². The highest BCUT2D eigenvalue weighted by molar-refractivity contribution is 6.03. The first-order chi connectivity index (χ1) is 25.6. The second-order valence-electron chi connectivity index (χ2n) is 13.2. The smallest absolute Gasteiger partial charge is 0.328 e. The summed E-state index contributed by atoms with van der Waals surface area (Å²) in [6.45, 7) is 2.66. The molecule has 2 N–H and O–H groups in total. The summed E-state index contributed by atoms with van der Waals surface area (Å²) in [5, 5.41) is 5.89. The molecule has 0 saturated carbocycles. The molecule has 6 aromatic rings. The molecule has 3 aromatic carbocycles. The van der Waals surface area contributed by atoms with Crippen molar-refractivity contribution >= 4 is 51.1 Å². The van der Waals surface area contributed by atoms with E-state index in [1.165, 1.54) is 12.3 Å². The molecule has 8 rings (SSSR count). The SMILES string of the molecule is Cc1cc(-c2cc3c(cc2F)N(c2ccc4c(c2)n(C)c(=O)n4C)CCO3)cnc1C(=O)NCC#Cc1ccc2occ(C3CCC(=O)NC3=O)c2c1. The Hall–Kier alpha value is -6.68. The highest BCUT2D eigenvalue weighted by atomic mass is 19.1. The highest BCUT2D eigenvalue weighted by Gasteiger charge is 2.30. The Kier molecular flexibility index (Phi) is 8.29. The number of imide groups is 1. The van der Waals surface area contributed by atoms with Crippen molar-refractivity contribution in [1.29, 1.82) is 0 Å². The van der Waals surface area contributed by atoms with Crippen molar-refractivity contribution in [2.75, 3.05) is 24.6 Å². The summed E-state index contributed by atoms with van der Waals surface area (Å²) in [5.74, 6) is 4.48. The van der Waals surface area contributed by atoms with Gasteiger partial charge in [-0.15, -0.1) is 0 Å². The van der Waals surface area contributed by atoms with E-state index in [2.05, 4.69) is 27.5 Å². The van der Waals surface area contributed by atoms with Gasteiger partial charge in [0.15, 0.2) is 0 Å². The maximum Gasteiger partial charge on any atom is 0.328 e. The number of nitrogens with zero attached hydrogens (tertiary/aromatic N) is 4. The number of fused-ring (bicyclic) bond motifs is 3. The van der Waals surface area contributed by atoms with Gasteiger partial charge in [-0.25, -0.2) is 9.18 Å². The number of hydrogen-bond acceptors (Lipinski definition) is 8. The molecule has 1 fully saturated rings. The average Bonchev–Trinajstić information content (AvgIpc) is 3.66. The molecular formula is C40H33FN6O6. The van der Waals surface area contributed by atoms with E-state index in [4.69, 9.17) is 9.15 Å². The molecule has 13 heteroatoms. The largest absolute Gasteiger partial charge is 0.490 e. The van der Waals surface area contributed by atoms with Crippen LogP contribution in [0.2, 0.25) is 0 Å². The maximum absolute atomic E-state index is 15.8. The molecule has 53 heavy (non-hydrogen) atoms. The highest BCUT2D eigenvalue weighted by Crippen LogP contribution is 2.41. The van der Waals surface area contributed by atoms with Crippen molar-refractivity contribution in [1.82, 2.24) is 24.8 Å². The van der Waals surface area contributed by atoms with Crippen LogP contribution in [0.4, 0.5) is 15.8 Å². The molecule has 12 nitrogen and oxygen atoms in total. The van der Waals surface area contributed by atoms with Crippen molar-refractivity contribution in [2.45, 2.75) is 25.7 Å². The minimum Gasteiger partial charge on any atom is -0.490 e. The van der Waals surface area contributed by atoms with Crippen molar-refractivity contribution in [3.8, 4) is 28.7 Å². The van der Waals surface area contributed by atoms with Crippen molar-refractivity contribution in [2.24, 2.45) is 14.1 Å². The number of nitrogens with one attached hydrogen (secondary N) is 2. The van der Waals surface area contributed by atoms with Gasteiger partial charge in [0.25, 0.3) is 5.91 Å². The fourth-order valence-corrected chi connectivity index (χ4v) is 7.09. The number of benzene rings is 3. The minimum atomic E-state index is -0.485. The number of hydrogen-bond donors (Lipinski definition) is 2. The summed E-state index contributed by atoms with van der Waals surface area (Å²) in [4.78, 5) is 55.9. The van der Waals surface area contributed by atoms with Crippen LogP contribution >= 0.6 is 0 Å². The van der Waals surface area contributed by atoms with E-state index in [-0.39, 0.29) is 41.7 Å². The third kappa shape index (κ3) is 5.97. The molecular weight excluding hydrogens is 679 g/mol. The zero-order valence-electron chi connectivity index (χ0n) is 29.1. The minimum absolute atomic E-state index is 0.0476. The number of ether oxygens (including phenoxy) is 1. The van der Waals surface area contributed by atoms with E-state index in [9.17, 15) is 19.2 Å². The number of imidazole rings is 1. The Morgan fingerprint density at radius 3 is 2.70 bits per heavy atom. The fraction of sp³-hybridized carbons (Fsp3) is 0.225. The molecule has 0 aliphatic carbocycles. The number of carbonyl (C=O) groups is 3. The maximum atomic E-state index is 15.8. The van der Waals surface area contributed by atoms with Gasteiger partial charge in [0.2, 0.25) is 11.8 Å². The Bertz CT molecular complexity index is 2640. The van der Waals surface area contributed by atoms with Crippen LogP contribution in [0.1, 0.15) is 45.9 Å². The fourth-order valence-electron chi connectivity index (χ4n) is 7.09. The number of amides is 3. The standard InChI is InChI=1S/C40H33FN6O6/c1-22-15-24(27-18-35-33(19-30(27)41)47(13-14-52-35)25-7-9-31-32(17-25)46(3)40(51)45(31)2)20-43-37(22)39(50)42-12-4-5-23-6-10-34-28(16-23)29(21-53-34)26-8-11-36(48)44-38(26)49/h6-7,9-10,15-21,26H,8,11-14H2,1-3H3,(H,42,50)(H,44,48,49). The van der Waals surface area contributed by atoms with Gasteiger partial charge in [-0.2, -0.15) is 0 Å². The van der Waals surface area contributed by atoms with E-state index in [1.807, 2.05) is 29.2 Å². The predicted molar refractivity (Wildman–Crippen MR) is 196 cm³/mol. The number of pyridine rings is 1. The summed E-state index contributed by atoms with van der Waals surface area (Å²) in [7, 11) is 3.45. The first-order valence-corrected chi connectivity index (χ1v) is 17.1. The Morgan fingerprint density at radius 1 is 1.06 bits per heavy atom. The monoisotopic (exact) mass is 712 g/mol. The zero-order chi connectivity index (χ0) is 37.0. The first-order valence-electron chi connectivity index (χ1n) is 17.1. The van der Waals surface area contributed by atoms with Crippen LogP contribution in [-0.4, -0.2) is 51.5 Å². The lowest BCUT2D eigenvalue weighted by molar-refractivity contribution is -0.134. The second kappa shape index (κ2) is 13.1. The van der Waals surface area contributed by atoms with Crippen LogP contribution < -0.4 is 26.0 Å². The van der Waals surface area contributed by atoms with Gasteiger partial charge in [-0.05, 0) is 67.4 Å². The van der Waals surface area contributed by atoms with Crippen molar-refractivity contribution in [3.63, 3.8) is 0 Å². The third-order valence-electron chi connectivity index (χ3n) is 9.87. The molecule has 0 spiro atoms. The lowest BCUT2D eigenvalue weighted by Crippen LogP contribution is -2.39. The lowest BCUT2D eigenvalue weighted by atomic mass is 9.90. The van der Waals surface area contributed by atoms with Crippen molar-refractivity contribution < 1.29 is 27.9 Å². The van der Waals surface area contributed by atoms with E-state index in [1.54, 1.807) is 60.7 Å². The lowest BCUT2D eigenvalue weighted by Gasteiger charge is -2.32. The molecule has 5 heterocycles. The van der Waals surface area contributed by atoms with Crippen LogP contribution in [0, 0.1) is 24.6 Å². The van der Waals surface area contributed by atoms with E-state index in [0.29, 0.717) is 58.8 Å². The van der Waals surface area contributed by atoms with E-state index < -0.39 is 17.6 Å². The summed E-state index contributed by atoms with van der Waals surface area (Å²) in [6.07, 6.45) is 3.67. The molecule has 3 aromatic heterocycles. The van der Waals surface area contributed by atoms with Crippen LogP contribution in [0.3, 0.4) is 0 Å². The van der Waals surface area contributed by atoms with Crippen LogP contribution in [0.15, 0.2) is 76.3 Å². The number of piperidine rings is 1. The van der Waals surface area contributed by atoms with Gasteiger partial charge in [-0.3, -0.25) is 33.8 Å². The van der Waals surface area contributed by atoms with E-state index in [0.717, 1.165) is 22.1 Å². The summed E-state index contributed by atoms with van der Waals surface area (Å²) < 4.78 is 30.6. The van der Waals surface area contributed by atoms with Gasteiger partial charge >= 0.3 is 5.69 Å². The second-order valence-corrected chi connectivity index (χ2v) is 13.2. The molecule has 2 aliphatic heterocycles. The molecule has 266 valence electrons. The number of aromatic nitrogens is 3. The van der Waals surface area contributed by atoms with Gasteiger partial charge in [0.1, 0.15) is 29.5 Å². The van der Waals surface area contributed by atoms with Crippen LogP contribution in [-0.2, 0) is 23.7 Å². The number of halogens is 1. The van der Waals surface area contributed by atoms with Gasteiger partial charge < -0.3 is 19.4 Å². The molecule has 1 atom stereocenters. The number of furan rings is 1. The number of rotatable bonds is 5. The van der Waals surface area contributed by atoms with E-state index >= 15 is 4.39 Å². The molecule has 2 aliphatic rings.